The summed E-state index contributed by atoms with van der Waals surface area (Å²) in [5.41, 5.74) is 2.97. The number of pyridine rings is 1. The fourth-order valence-corrected chi connectivity index (χ4v) is 4.03. The van der Waals surface area contributed by atoms with Crippen LogP contribution in [-0.4, -0.2) is 52.7 Å². The Morgan fingerprint density at radius 2 is 1.68 bits per heavy atom. The quantitative estimate of drug-likeness (QED) is 0.453. The lowest BCUT2D eigenvalue weighted by molar-refractivity contribution is 0.0139. The zero-order valence-electron chi connectivity index (χ0n) is 20.9. The normalized spacial score (nSPS) is 15.1. The van der Waals surface area contributed by atoms with Gasteiger partial charge in [-0.2, -0.15) is 0 Å². The highest BCUT2D eigenvalue weighted by Gasteiger charge is 2.25. The number of carbonyl (C=O) groups is 1. The molecule has 3 aromatic rings. The van der Waals surface area contributed by atoms with Crippen LogP contribution in [0.1, 0.15) is 51.7 Å². The van der Waals surface area contributed by atoms with E-state index in [2.05, 4.69) is 60.1 Å². The summed E-state index contributed by atoms with van der Waals surface area (Å²) in [6.45, 7) is 13.9. The minimum atomic E-state index is -0.462. The molecule has 1 amide bonds. The highest BCUT2D eigenvalue weighted by Crippen LogP contribution is 2.25. The molecule has 4 rings (SSSR count). The Hall–Kier alpha value is -3.12. The van der Waals surface area contributed by atoms with Crippen molar-refractivity contribution in [3.63, 3.8) is 0 Å². The molecular formula is C28H35N3O3. The van der Waals surface area contributed by atoms with Gasteiger partial charge in [-0.05, 0) is 68.1 Å². The van der Waals surface area contributed by atoms with Crippen molar-refractivity contribution in [3.05, 3.63) is 65.7 Å². The molecule has 1 fully saturated rings. The summed E-state index contributed by atoms with van der Waals surface area (Å²) in [6, 6.07) is 18.5. The third-order valence-corrected chi connectivity index (χ3v) is 5.93. The van der Waals surface area contributed by atoms with Gasteiger partial charge < -0.3 is 14.4 Å². The number of benzene rings is 2. The second-order valence-corrected chi connectivity index (χ2v) is 10.2. The van der Waals surface area contributed by atoms with Gasteiger partial charge in [0.25, 0.3) is 0 Å². The van der Waals surface area contributed by atoms with Gasteiger partial charge in [0.2, 0.25) is 5.88 Å². The molecule has 1 saturated heterocycles. The monoisotopic (exact) mass is 461 g/mol. The largest absolute Gasteiger partial charge is 0.444 e. The summed E-state index contributed by atoms with van der Waals surface area (Å²) in [6.07, 6.45) is -0.224. The van der Waals surface area contributed by atoms with Crippen LogP contribution in [0.4, 0.5) is 4.79 Å². The van der Waals surface area contributed by atoms with Crippen molar-refractivity contribution in [3.8, 4) is 11.6 Å². The van der Waals surface area contributed by atoms with Gasteiger partial charge in [-0.25, -0.2) is 9.78 Å². The van der Waals surface area contributed by atoms with Gasteiger partial charge in [0.05, 0.1) is 5.52 Å². The van der Waals surface area contributed by atoms with Gasteiger partial charge in [-0.1, -0.05) is 32.0 Å². The fraction of sp³-hybridized carbons (Fsp3) is 0.429. The molecule has 0 aliphatic carbocycles. The van der Waals surface area contributed by atoms with Crippen LogP contribution >= 0.6 is 0 Å². The summed E-state index contributed by atoms with van der Waals surface area (Å²) < 4.78 is 11.5. The van der Waals surface area contributed by atoms with Crippen LogP contribution < -0.4 is 4.74 Å². The van der Waals surface area contributed by atoms with E-state index in [9.17, 15) is 4.79 Å². The fourth-order valence-electron chi connectivity index (χ4n) is 4.03. The van der Waals surface area contributed by atoms with Gasteiger partial charge in [0, 0.05) is 44.2 Å². The molecule has 1 aromatic heterocycles. The first-order chi connectivity index (χ1) is 16.2. The van der Waals surface area contributed by atoms with E-state index in [4.69, 9.17) is 9.47 Å². The molecule has 180 valence electrons. The van der Waals surface area contributed by atoms with E-state index < -0.39 is 5.60 Å². The van der Waals surface area contributed by atoms with Gasteiger partial charge in [-0.3, -0.25) is 4.90 Å². The molecule has 0 saturated carbocycles. The summed E-state index contributed by atoms with van der Waals surface area (Å²) >= 11 is 0. The van der Waals surface area contributed by atoms with Crippen molar-refractivity contribution in [2.24, 2.45) is 0 Å². The predicted octanol–water partition coefficient (Wildman–Crippen LogP) is 6.20. The Labute approximate surface area is 202 Å². The summed E-state index contributed by atoms with van der Waals surface area (Å²) in [4.78, 5) is 21.1. The van der Waals surface area contributed by atoms with Gasteiger partial charge in [0.15, 0.2) is 0 Å². The van der Waals surface area contributed by atoms with Crippen molar-refractivity contribution < 1.29 is 14.3 Å². The van der Waals surface area contributed by atoms with E-state index in [1.807, 2.05) is 39.0 Å². The van der Waals surface area contributed by atoms with Crippen LogP contribution in [0.15, 0.2) is 54.6 Å². The third kappa shape index (κ3) is 6.26. The first-order valence-electron chi connectivity index (χ1n) is 12.0. The Morgan fingerprint density at radius 1 is 0.971 bits per heavy atom. The number of fused-ring (bicyclic) bond motifs is 1. The molecule has 34 heavy (non-hydrogen) atoms. The van der Waals surface area contributed by atoms with Gasteiger partial charge in [-0.15, -0.1) is 0 Å². The van der Waals surface area contributed by atoms with Gasteiger partial charge in [0.1, 0.15) is 11.4 Å². The van der Waals surface area contributed by atoms with Crippen molar-refractivity contribution in [1.82, 2.24) is 14.8 Å². The second kappa shape index (κ2) is 10.0. The highest BCUT2D eigenvalue weighted by molar-refractivity contribution is 5.79. The molecule has 0 N–H and O–H groups in total. The van der Waals surface area contributed by atoms with E-state index in [0.717, 1.165) is 36.3 Å². The number of piperazine rings is 1. The standard InChI is InChI=1S/C28H35N3O3/c1-20(2)22-7-10-24(11-8-22)33-26-13-9-23-18-21(6-12-25(23)29-26)19-30-14-16-31(17-15-30)27(32)34-28(3,4)5/h6-13,18,20H,14-17,19H2,1-5H3. The lowest BCUT2D eigenvalue weighted by Crippen LogP contribution is -2.49. The molecule has 0 radical (unpaired) electrons. The maximum absolute atomic E-state index is 12.3. The van der Waals surface area contributed by atoms with Crippen molar-refractivity contribution in [2.75, 3.05) is 26.2 Å². The Morgan fingerprint density at radius 3 is 2.32 bits per heavy atom. The molecule has 1 aliphatic rings. The molecule has 0 bridgehead atoms. The van der Waals surface area contributed by atoms with Crippen LogP contribution in [-0.2, 0) is 11.3 Å². The number of hydrogen-bond acceptors (Lipinski definition) is 5. The number of ether oxygens (including phenoxy) is 2. The molecule has 6 heteroatoms. The molecule has 6 nitrogen and oxygen atoms in total. The topological polar surface area (TPSA) is 54.9 Å². The summed E-state index contributed by atoms with van der Waals surface area (Å²) in [7, 11) is 0. The first-order valence-corrected chi connectivity index (χ1v) is 12.0. The Bertz CT molecular complexity index is 1130. The van der Waals surface area contributed by atoms with E-state index >= 15 is 0 Å². The maximum atomic E-state index is 12.3. The molecule has 1 aliphatic heterocycles. The lowest BCUT2D eigenvalue weighted by Gasteiger charge is -2.35. The number of carbonyl (C=O) groups excluding carboxylic acids is 1. The predicted molar refractivity (Wildman–Crippen MR) is 135 cm³/mol. The van der Waals surface area contributed by atoms with Gasteiger partial charge >= 0.3 is 6.09 Å². The smallest absolute Gasteiger partial charge is 0.410 e. The summed E-state index contributed by atoms with van der Waals surface area (Å²) in [5, 5.41) is 1.09. The number of rotatable bonds is 5. The maximum Gasteiger partial charge on any atom is 0.410 e. The average molecular weight is 462 g/mol. The number of aromatic nitrogens is 1. The Kier molecular flexibility index (Phi) is 7.08. The SMILES string of the molecule is CC(C)c1ccc(Oc2ccc3cc(CN4CCN(C(=O)OC(C)(C)C)CC4)ccc3n2)cc1. The highest BCUT2D eigenvalue weighted by atomic mass is 16.6. The van der Waals surface area contributed by atoms with Crippen LogP contribution in [0.25, 0.3) is 10.9 Å². The number of hydrogen-bond donors (Lipinski definition) is 0. The molecule has 0 spiro atoms. The molecule has 0 unspecified atom stereocenters. The number of nitrogens with zero attached hydrogens (tertiary/aromatic N) is 3. The zero-order chi connectivity index (χ0) is 24.3. The molecule has 2 aromatic carbocycles. The minimum absolute atomic E-state index is 0.224. The molecule has 0 atom stereocenters. The van der Waals surface area contributed by atoms with Crippen molar-refractivity contribution in [2.45, 2.75) is 52.7 Å². The minimum Gasteiger partial charge on any atom is -0.444 e. The average Bonchev–Trinajstić information content (AvgIpc) is 2.79. The van der Waals surface area contributed by atoms with E-state index in [1.54, 1.807) is 4.90 Å². The zero-order valence-corrected chi connectivity index (χ0v) is 20.9. The number of amides is 1. The lowest BCUT2D eigenvalue weighted by atomic mass is 10.0. The van der Waals surface area contributed by atoms with Crippen LogP contribution in [0, 0.1) is 0 Å². The van der Waals surface area contributed by atoms with Crippen LogP contribution in [0.2, 0.25) is 0 Å². The van der Waals surface area contributed by atoms with E-state index in [-0.39, 0.29) is 6.09 Å². The molecule has 2 heterocycles. The second-order valence-electron chi connectivity index (χ2n) is 10.2. The Balaban J connectivity index is 1.35. The first kappa shape index (κ1) is 24.0. The van der Waals surface area contributed by atoms with Crippen LogP contribution in [0.5, 0.6) is 11.6 Å². The van der Waals surface area contributed by atoms with Crippen molar-refractivity contribution >= 4 is 17.0 Å². The van der Waals surface area contributed by atoms with Crippen LogP contribution in [0.3, 0.4) is 0 Å². The van der Waals surface area contributed by atoms with E-state index in [0.29, 0.717) is 24.9 Å². The third-order valence-electron chi connectivity index (χ3n) is 5.93. The molecular weight excluding hydrogens is 426 g/mol. The van der Waals surface area contributed by atoms with E-state index in [1.165, 1.54) is 11.1 Å². The van der Waals surface area contributed by atoms with Crippen molar-refractivity contribution in [1.29, 1.82) is 0 Å². The summed E-state index contributed by atoms with van der Waals surface area (Å²) in [5.74, 6) is 1.88.